The van der Waals surface area contributed by atoms with Crippen LogP contribution in [0.15, 0.2) is 66.9 Å². The molecule has 2 aromatic carbocycles. The Hall–Kier alpha value is -3.28. The first-order chi connectivity index (χ1) is 12.7. The molecule has 5 nitrogen and oxygen atoms in total. The highest BCUT2D eigenvalue weighted by Crippen LogP contribution is 2.04. The van der Waals surface area contributed by atoms with E-state index >= 15 is 0 Å². The van der Waals surface area contributed by atoms with Crippen molar-refractivity contribution >= 4 is 12.0 Å². The van der Waals surface area contributed by atoms with Crippen molar-refractivity contribution in [3.63, 3.8) is 0 Å². The van der Waals surface area contributed by atoms with Gasteiger partial charge in [0.15, 0.2) is 0 Å². The van der Waals surface area contributed by atoms with Gasteiger partial charge in [-0.3, -0.25) is 4.79 Å². The molecular formula is C20H19FN4O. The summed E-state index contributed by atoms with van der Waals surface area (Å²) in [6.07, 6.45) is 5.39. The van der Waals surface area contributed by atoms with Gasteiger partial charge >= 0.3 is 0 Å². The van der Waals surface area contributed by atoms with Crippen molar-refractivity contribution in [3.8, 4) is 0 Å². The minimum Gasteiger partial charge on any atom is -0.352 e. The maximum absolute atomic E-state index is 13.1. The van der Waals surface area contributed by atoms with Crippen molar-refractivity contribution in [1.29, 1.82) is 0 Å². The molecule has 0 bridgehead atoms. The monoisotopic (exact) mass is 350 g/mol. The topological polar surface area (TPSA) is 59.8 Å². The first-order valence-corrected chi connectivity index (χ1v) is 8.33. The molecule has 0 unspecified atom stereocenters. The molecule has 6 heteroatoms. The maximum atomic E-state index is 13.1. The molecule has 0 spiro atoms. The predicted molar refractivity (Wildman–Crippen MR) is 97.7 cm³/mol. The lowest BCUT2D eigenvalue weighted by Crippen LogP contribution is -2.23. The van der Waals surface area contributed by atoms with Gasteiger partial charge in [0.2, 0.25) is 5.91 Å². The van der Waals surface area contributed by atoms with Crippen molar-refractivity contribution < 1.29 is 9.18 Å². The molecule has 0 aliphatic heterocycles. The van der Waals surface area contributed by atoms with Crippen molar-refractivity contribution in [3.05, 3.63) is 89.5 Å². The molecule has 1 aromatic heterocycles. The van der Waals surface area contributed by atoms with Crippen molar-refractivity contribution in [2.45, 2.75) is 13.0 Å². The average Bonchev–Trinajstić information content (AvgIpc) is 3.08. The molecule has 26 heavy (non-hydrogen) atoms. The van der Waals surface area contributed by atoms with Crippen LogP contribution >= 0.6 is 0 Å². The lowest BCUT2D eigenvalue weighted by molar-refractivity contribution is -0.116. The Kier molecular flexibility index (Phi) is 5.88. The summed E-state index contributed by atoms with van der Waals surface area (Å²) in [5, 5.41) is 10.8. The molecule has 0 aliphatic rings. The third kappa shape index (κ3) is 5.37. The molecule has 0 fully saturated rings. The van der Waals surface area contributed by atoms with Gasteiger partial charge in [-0.15, -0.1) is 5.10 Å². The number of carbonyl (C=O) groups excluding carboxylic acids is 1. The van der Waals surface area contributed by atoms with Crippen LogP contribution in [0.2, 0.25) is 0 Å². The molecule has 0 atom stereocenters. The Balaban J connectivity index is 1.46. The molecule has 0 saturated heterocycles. The highest BCUT2D eigenvalue weighted by atomic mass is 19.1. The van der Waals surface area contributed by atoms with Gasteiger partial charge in [-0.05, 0) is 35.8 Å². The second-order valence-electron chi connectivity index (χ2n) is 5.83. The van der Waals surface area contributed by atoms with Crippen LogP contribution in [0.3, 0.4) is 0 Å². The fourth-order valence-electron chi connectivity index (χ4n) is 2.48. The minimum absolute atomic E-state index is 0.223. The molecule has 0 saturated carbocycles. The highest BCUT2D eigenvalue weighted by Gasteiger charge is 2.01. The zero-order valence-corrected chi connectivity index (χ0v) is 14.2. The summed E-state index contributed by atoms with van der Waals surface area (Å²) in [6.45, 7) is 1.06. The van der Waals surface area contributed by atoms with E-state index in [1.807, 2.05) is 36.4 Å². The van der Waals surface area contributed by atoms with Crippen molar-refractivity contribution in [1.82, 2.24) is 20.3 Å². The molecule has 0 radical (unpaired) electrons. The number of nitrogens with one attached hydrogen (secondary N) is 1. The van der Waals surface area contributed by atoms with Crippen LogP contribution in [-0.2, 0) is 17.8 Å². The quantitative estimate of drug-likeness (QED) is 0.667. The average molecular weight is 350 g/mol. The number of rotatable bonds is 7. The summed E-state index contributed by atoms with van der Waals surface area (Å²) in [6, 6.07) is 16.3. The Morgan fingerprint density at radius 3 is 2.73 bits per heavy atom. The number of benzene rings is 2. The molecule has 3 rings (SSSR count). The molecule has 1 heterocycles. The third-order valence-electron chi connectivity index (χ3n) is 3.75. The minimum atomic E-state index is -0.271. The maximum Gasteiger partial charge on any atom is 0.244 e. The fourth-order valence-corrected chi connectivity index (χ4v) is 2.48. The van der Waals surface area contributed by atoms with E-state index in [-0.39, 0.29) is 11.7 Å². The van der Waals surface area contributed by atoms with E-state index in [0.717, 1.165) is 11.1 Å². The van der Waals surface area contributed by atoms with Crippen LogP contribution in [0, 0.1) is 5.82 Å². The van der Waals surface area contributed by atoms with Gasteiger partial charge in [-0.2, -0.15) is 0 Å². The Labute approximate surface area is 151 Å². The van der Waals surface area contributed by atoms with Crippen LogP contribution in [0.1, 0.15) is 16.8 Å². The summed E-state index contributed by atoms with van der Waals surface area (Å²) in [7, 11) is 0. The van der Waals surface area contributed by atoms with Crippen molar-refractivity contribution in [2.75, 3.05) is 6.54 Å². The summed E-state index contributed by atoms with van der Waals surface area (Å²) in [4.78, 5) is 11.8. The second-order valence-corrected chi connectivity index (χ2v) is 5.83. The lowest BCUT2D eigenvalue weighted by atomic mass is 10.1. The summed E-state index contributed by atoms with van der Waals surface area (Å²) in [5.41, 5.74) is 2.59. The van der Waals surface area contributed by atoms with E-state index < -0.39 is 0 Å². The van der Waals surface area contributed by atoms with Gasteiger partial charge in [0.05, 0.1) is 12.7 Å². The van der Waals surface area contributed by atoms with E-state index in [4.69, 9.17) is 0 Å². The van der Waals surface area contributed by atoms with E-state index in [1.165, 1.54) is 18.2 Å². The number of carbonyl (C=O) groups is 1. The van der Waals surface area contributed by atoms with E-state index in [1.54, 1.807) is 23.0 Å². The Morgan fingerprint density at radius 1 is 1.12 bits per heavy atom. The summed E-state index contributed by atoms with van der Waals surface area (Å²) >= 11 is 0. The van der Waals surface area contributed by atoms with Crippen molar-refractivity contribution in [2.24, 2.45) is 0 Å². The Morgan fingerprint density at radius 2 is 1.92 bits per heavy atom. The lowest BCUT2D eigenvalue weighted by Gasteiger charge is -2.02. The number of halogens is 1. The molecule has 3 aromatic rings. The van der Waals surface area contributed by atoms with E-state index in [9.17, 15) is 9.18 Å². The summed E-state index contributed by atoms with van der Waals surface area (Å²) in [5.74, 6) is -0.494. The van der Waals surface area contributed by atoms with Gasteiger partial charge in [0.25, 0.3) is 0 Å². The van der Waals surface area contributed by atoms with Gasteiger partial charge < -0.3 is 5.32 Å². The summed E-state index contributed by atoms with van der Waals surface area (Å²) < 4.78 is 14.8. The van der Waals surface area contributed by atoms with Gasteiger partial charge in [-0.1, -0.05) is 47.7 Å². The largest absolute Gasteiger partial charge is 0.352 e. The zero-order chi connectivity index (χ0) is 18.2. The zero-order valence-electron chi connectivity index (χ0n) is 14.2. The Bertz CT molecular complexity index is 890. The highest BCUT2D eigenvalue weighted by molar-refractivity contribution is 5.91. The van der Waals surface area contributed by atoms with Crippen LogP contribution < -0.4 is 5.32 Å². The van der Waals surface area contributed by atoms with Crippen LogP contribution in [-0.4, -0.2) is 27.4 Å². The fraction of sp³-hybridized carbons (Fsp3) is 0.150. The predicted octanol–water partition coefficient (Wildman–Crippen LogP) is 2.84. The standard InChI is InChI=1S/C20H19FN4O/c21-18-8-4-7-16(13-18)11-12-22-20(26)10-9-19-15-25(24-23-19)14-17-5-2-1-3-6-17/h1-10,13,15H,11-12,14H2,(H,22,26)/b10-9+. The van der Waals surface area contributed by atoms with Crippen LogP contribution in [0.4, 0.5) is 4.39 Å². The van der Waals surface area contributed by atoms with Crippen LogP contribution in [0.25, 0.3) is 6.08 Å². The SMILES string of the molecule is O=C(/C=C/c1cn(Cc2ccccc2)nn1)NCCc1cccc(F)c1. The van der Waals surface area contributed by atoms with Gasteiger partial charge in [-0.25, -0.2) is 9.07 Å². The third-order valence-corrected chi connectivity index (χ3v) is 3.75. The molecule has 132 valence electrons. The van der Waals surface area contributed by atoms with E-state index in [0.29, 0.717) is 25.2 Å². The van der Waals surface area contributed by atoms with E-state index in [2.05, 4.69) is 15.6 Å². The molecular weight excluding hydrogens is 331 g/mol. The second kappa shape index (κ2) is 8.71. The van der Waals surface area contributed by atoms with Gasteiger partial charge in [0.1, 0.15) is 11.5 Å². The van der Waals surface area contributed by atoms with Gasteiger partial charge in [0, 0.05) is 12.6 Å². The number of amides is 1. The normalized spacial score (nSPS) is 11.0. The number of hydrogen-bond acceptors (Lipinski definition) is 3. The van der Waals surface area contributed by atoms with Crippen LogP contribution in [0.5, 0.6) is 0 Å². The first kappa shape index (κ1) is 17.5. The smallest absolute Gasteiger partial charge is 0.244 e. The molecule has 0 aliphatic carbocycles. The number of nitrogens with zero attached hydrogens (tertiary/aromatic N) is 3. The number of hydrogen-bond donors (Lipinski definition) is 1. The number of aromatic nitrogens is 3. The first-order valence-electron chi connectivity index (χ1n) is 8.33. The molecule has 1 amide bonds. The molecule has 1 N–H and O–H groups in total.